The third kappa shape index (κ3) is 3.92. The molecule has 0 saturated heterocycles. The number of aromatic nitrogens is 2. The second kappa shape index (κ2) is 7.25. The Kier molecular flexibility index (Phi) is 4.99. The van der Waals surface area contributed by atoms with Crippen molar-refractivity contribution in [3.8, 4) is 0 Å². The van der Waals surface area contributed by atoms with Crippen molar-refractivity contribution in [1.82, 2.24) is 15.5 Å². The van der Waals surface area contributed by atoms with E-state index in [2.05, 4.69) is 27.8 Å². The topological polar surface area (TPSA) is 84.0 Å². The Labute approximate surface area is 158 Å². The zero-order valence-electron chi connectivity index (χ0n) is 15.4. The molecule has 4 saturated carbocycles. The normalized spacial score (nSPS) is 31.8. The minimum absolute atomic E-state index is 0.00783. The first kappa shape index (κ1) is 17.9. The van der Waals surface area contributed by atoms with Crippen molar-refractivity contribution in [2.75, 3.05) is 11.9 Å². The lowest BCUT2D eigenvalue weighted by Gasteiger charge is -2.56. The predicted molar refractivity (Wildman–Crippen MR) is 101 cm³/mol. The van der Waals surface area contributed by atoms with E-state index < -0.39 is 0 Å². The maximum Gasteiger partial charge on any atom is 0.245 e. The molecule has 2 N–H and O–H groups in total. The highest BCUT2D eigenvalue weighted by molar-refractivity contribution is 7.15. The second-order valence-electron chi connectivity index (χ2n) is 8.67. The van der Waals surface area contributed by atoms with Gasteiger partial charge in [0.25, 0.3) is 0 Å². The number of nitrogens with zero attached hydrogens (tertiary/aromatic N) is 2. The number of aryl methyl sites for hydroxylation is 1. The van der Waals surface area contributed by atoms with Gasteiger partial charge in [-0.3, -0.25) is 14.9 Å². The minimum Gasteiger partial charge on any atom is -0.347 e. The van der Waals surface area contributed by atoms with E-state index in [1.54, 1.807) is 0 Å². The van der Waals surface area contributed by atoms with Gasteiger partial charge in [-0.15, -0.1) is 10.2 Å². The van der Waals surface area contributed by atoms with Crippen LogP contribution in [0.2, 0.25) is 0 Å². The van der Waals surface area contributed by atoms with E-state index >= 15 is 0 Å². The zero-order valence-corrected chi connectivity index (χ0v) is 16.2. The number of carbonyl (C=O) groups excluding carboxylic acids is 2. The number of rotatable bonds is 7. The van der Waals surface area contributed by atoms with Crippen molar-refractivity contribution in [3.05, 3.63) is 5.01 Å². The van der Waals surface area contributed by atoms with Crippen LogP contribution in [-0.4, -0.2) is 28.6 Å². The fourth-order valence-electron chi connectivity index (χ4n) is 5.87. The lowest BCUT2D eigenvalue weighted by molar-refractivity contribution is -0.131. The van der Waals surface area contributed by atoms with E-state index in [0.717, 1.165) is 35.6 Å². The fourth-order valence-corrected chi connectivity index (χ4v) is 6.73. The molecule has 0 aromatic carbocycles. The summed E-state index contributed by atoms with van der Waals surface area (Å²) in [6.07, 6.45) is 10.2. The Morgan fingerprint density at radius 1 is 1.08 bits per heavy atom. The van der Waals surface area contributed by atoms with E-state index in [1.807, 2.05) is 0 Å². The summed E-state index contributed by atoms with van der Waals surface area (Å²) in [6, 6.07) is 0. The van der Waals surface area contributed by atoms with Crippen molar-refractivity contribution in [3.63, 3.8) is 0 Å². The molecule has 0 aliphatic heterocycles. The van der Waals surface area contributed by atoms with Gasteiger partial charge in [-0.25, -0.2) is 0 Å². The van der Waals surface area contributed by atoms with Crippen molar-refractivity contribution < 1.29 is 9.59 Å². The number of hydrogen-bond donors (Lipinski definition) is 2. The van der Waals surface area contributed by atoms with Gasteiger partial charge in [0.15, 0.2) is 0 Å². The molecule has 0 unspecified atom stereocenters. The second-order valence-corrected chi connectivity index (χ2v) is 9.73. The molecule has 4 aliphatic carbocycles. The van der Waals surface area contributed by atoms with E-state index in [4.69, 9.17) is 0 Å². The Morgan fingerprint density at radius 2 is 1.73 bits per heavy atom. The van der Waals surface area contributed by atoms with Crippen LogP contribution in [-0.2, 0) is 16.0 Å². The first-order valence-electron chi connectivity index (χ1n) is 9.92. The molecule has 4 bridgehead atoms. The van der Waals surface area contributed by atoms with Crippen LogP contribution in [0.25, 0.3) is 0 Å². The van der Waals surface area contributed by atoms with E-state index in [-0.39, 0.29) is 23.8 Å². The van der Waals surface area contributed by atoms with Gasteiger partial charge in [-0.05, 0) is 68.1 Å². The number of nitrogens with one attached hydrogen (secondary N) is 2. The lowest BCUT2D eigenvalue weighted by Crippen LogP contribution is -2.48. The van der Waals surface area contributed by atoms with E-state index in [1.165, 1.54) is 49.9 Å². The highest BCUT2D eigenvalue weighted by Crippen LogP contribution is 2.61. The third-order valence-electron chi connectivity index (χ3n) is 6.32. The van der Waals surface area contributed by atoms with Gasteiger partial charge in [0.2, 0.25) is 16.9 Å². The SMILES string of the molecule is CCCc1nnc(NC(=O)CNC(=O)CC23CC4CC(CC(C4)C2)C3)s1. The summed E-state index contributed by atoms with van der Waals surface area (Å²) in [7, 11) is 0. The molecule has 0 atom stereocenters. The molecule has 5 rings (SSSR count). The molecule has 4 fully saturated rings. The summed E-state index contributed by atoms with van der Waals surface area (Å²) in [5, 5.41) is 15.0. The van der Waals surface area contributed by atoms with Crippen LogP contribution in [0.15, 0.2) is 0 Å². The first-order chi connectivity index (χ1) is 12.5. The van der Waals surface area contributed by atoms with E-state index in [9.17, 15) is 9.59 Å². The van der Waals surface area contributed by atoms with Crippen LogP contribution in [0.4, 0.5) is 5.13 Å². The maximum absolute atomic E-state index is 12.5. The Morgan fingerprint density at radius 3 is 2.35 bits per heavy atom. The summed E-state index contributed by atoms with van der Waals surface area (Å²) < 4.78 is 0. The number of carbonyl (C=O) groups is 2. The molecule has 1 heterocycles. The molecule has 0 spiro atoms. The number of hydrogen-bond acceptors (Lipinski definition) is 5. The standard InChI is InChI=1S/C19H28N4O2S/c1-2-3-17-22-23-18(26-17)21-16(25)11-20-15(24)10-19-7-12-4-13(8-19)6-14(5-12)9-19/h12-14H,2-11H2,1H3,(H,20,24)(H,21,23,25). The van der Waals surface area contributed by atoms with Gasteiger partial charge in [0, 0.05) is 12.8 Å². The molecule has 0 radical (unpaired) electrons. The number of anilines is 1. The smallest absolute Gasteiger partial charge is 0.245 e. The molecule has 7 heteroatoms. The minimum atomic E-state index is -0.233. The van der Waals surface area contributed by atoms with Crippen LogP contribution >= 0.6 is 11.3 Å². The highest BCUT2D eigenvalue weighted by atomic mass is 32.1. The quantitative estimate of drug-likeness (QED) is 0.766. The molecule has 4 aliphatic rings. The van der Waals surface area contributed by atoms with Crippen molar-refractivity contribution in [1.29, 1.82) is 0 Å². The van der Waals surface area contributed by atoms with Gasteiger partial charge >= 0.3 is 0 Å². The third-order valence-corrected chi connectivity index (χ3v) is 7.22. The van der Waals surface area contributed by atoms with Crippen LogP contribution < -0.4 is 10.6 Å². The Hall–Kier alpha value is -1.50. The van der Waals surface area contributed by atoms with Gasteiger partial charge in [-0.2, -0.15) is 0 Å². The van der Waals surface area contributed by atoms with Gasteiger partial charge in [0.05, 0.1) is 6.54 Å². The monoisotopic (exact) mass is 376 g/mol. The predicted octanol–water partition coefficient (Wildman–Crippen LogP) is 3.15. The molecular formula is C19H28N4O2S. The maximum atomic E-state index is 12.5. The van der Waals surface area contributed by atoms with E-state index in [0.29, 0.717) is 11.6 Å². The summed E-state index contributed by atoms with van der Waals surface area (Å²) in [5.41, 5.74) is 0.212. The molecule has 6 nitrogen and oxygen atoms in total. The van der Waals surface area contributed by atoms with Crippen LogP contribution in [0.3, 0.4) is 0 Å². The summed E-state index contributed by atoms with van der Waals surface area (Å²) >= 11 is 1.40. The molecular weight excluding hydrogens is 348 g/mol. The van der Waals surface area contributed by atoms with Crippen molar-refractivity contribution in [2.45, 2.75) is 64.7 Å². The average Bonchev–Trinajstić information content (AvgIpc) is 2.98. The van der Waals surface area contributed by atoms with Gasteiger partial charge in [-0.1, -0.05) is 18.3 Å². The number of amides is 2. The van der Waals surface area contributed by atoms with Gasteiger partial charge in [0.1, 0.15) is 5.01 Å². The van der Waals surface area contributed by atoms with Crippen LogP contribution in [0.5, 0.6) is 0 Å². The summed E-state index contributed by atoms with van der Waals surface area (Å²) in [5.74, 6) is 2.31. The van der Waals surface area contributed by atoms with Crippen LogP contribution in [0.1, 0.15) is 63.3 Å². The molecule has 1 aromatic heterocycles. The Balaban J connectivity index is 1.24. The van der Waals surface area contributed by atoms with Crippen LogP contribution in [0, 0.1) is 23.2 Å². The molecule has 2 amide bonds. The Bertz CT molecular complexity index is 652. The van der Waals surface area contributed by atoms with Crippen molar-refractivity contribution in [2.24, 2.45) is 23.2 Å². The summed E-state index contributed by atoms with van der Waals surface area (Å²) in [6.45, 7) is 2.09. The largest absolute Gasteiger partial charge is 0.347 e. The zero-order chi connectivity index (χ0) is 18.1. The fraction of sp³-hybridized carbons (Fsp3) is 0.789. The average molecular weight is 377 g/mol. The molecule has 26 heavy (non-hydrogen) atoms. The van der Waals surface area contributed by atoms with Gasteiger partial charge < -0.3 is 5.32 Å². The highest BCUT2D eigenvalue weighted by Gasteiger charge is 2.51. The molecule has 142 valence electrons. The summed E-state index contributed by atoms with van der Waals surface area (Å²) in [4.78, 5) is 24.5. The van der Waals surface area contributed by atoms with Crippen molar-refractivity contribution >= 4 is 28.3 Å². The molecule has 1 aromatic rings. The lowest BCUT2D eigenvalue weighted by atomic mass is 9.49. The first-order valence-corrected chi connectivity index (χ1v) is 10.7.